The van der Waals surface area contributed by atoms with Gasteiger partial charge in [-0.05, 0) is 60.1 Å². The summed E-state index contributed by atoms with van der Waals surface area (Å²) in [5.74, 6) is 0.834. The molecule has 5 rings (SSSR count). The number of benzene rings is 2. The van der Waals surface area contributed by atoms with Gasteiger partial charge in [0.1, 0.15) is 0 Å². The zero-order valence-electron chi connectivity index (χ0n) is 22.8. The summed E-state index contributed by atoms with van der Waals surface area (Å²) in [4.78, 5) is 36.0. The van der Waals surface area contributed by atoms with E-state index in [0.29, 0.717) is 42.9 Å². The second-order valence-corrected chi connectivity index (χ2v) is 11.7. The van der Waals surface area contributed by atoms with E-state index in [9.17, 15) is 9.59 Å². The maximum Gasteiger partial charge on any atom is 0.314 e. The standard InChI is InChI=1S/C31H38ClN5O2/c1-21(2)28-20-36(17-18-37(28)29(38)19-22-12-15-35(16-13-22)31(33)39)30(23-7-9-24(32)10-8-23)26-11-14-34-27-6-4-3-5-25(26)27/h3-11,14,21-22,28,30H,12-13,15-20H2,1-2H3,(H2,33,39)/t28-,30?/m1/s1. The molecule has 0 radical (unpaired) electrons. The van der Waals surface area contributed by atoms with Crippen LogP contribution in [0.3, 0.4) is 0 Å². The molecule has 2 saturated heterocycles. The van der Waals surface area contributed by atoms with Crippen LogP contribution in [0.2, 0.25) is 5.02 Å². The van der Waals surface area contributed by atoms with Crippen LogP contribution in [0.1, 0.15) is 50.3 Å². The Balaban J connectivity index is 1.39. The summed E-state index contributed by atoms with van der Waals surface area (Å²) < 4.78 is 0. The number of para-hydroxylation sites is 1. The number of carbonyl (C=O) groups excluding carboxylic acids is 2. The lowest BCUT2D eigenvalue weighted by molar-refractivity contribution is -0.139. The van der Waals surface area contributed by atoms with Crippen molar-refractivity contribution in [2.45, 2.75) is 45.2 Å². The molecule has 0 spiro atoms. The average Bonchev–Trinajstić information content (AvgIpc) is 2.94. The number of nitrogens with two attached hydrogens (primary N) is 1. The Hall–Kier alpha value is -3.16. The van der Waals surface area contributed by atoms with Crippen molar-refractivity contribution in [1.82, 2.24) is 19.7 Å². The minimum atomic E-state index is -0.368. The minimum Gasteiger partial charge on any atom is -0.351 e. The predicted molar refractivity (Wildman–Crippen MR) is 155 cm³/mol. The number of halogens is 1. The number of hydrogen-bond donors (Lipinski definition) is 1. The molecule has 2 aromatic carbocycles. The maximum absolute atomic E-state index is 13.6. The number of carbonyl (C=O) groups is 2. The molecular weight excluding hydrogens is 510 g/mol. The van der Waals surface area contributed by atoms with Crippen molar-refractivity contribution in [3.8, 4) is 0 Å². The highest BCUT2D eigenvalue weighted by molar-refractivity contribution is 6.30. The molecule has 3 amide bonds. The number of hydrogen-bond acceptors (Lipinski definition) is 4. The molecule has 3 heterocycles. The number of nitrogens with zero attached hydrogens (tertiary/aromatic N) is 4. The molecule has 0 saturated carbocycles. The summed E-state index contributed by atoms with van der Waals surface area (Å²) in [5.41, 5.74) is 8.81. The van der Waals surface area contributed by atoms with E-state index in [1.807, 2.05) is 24.4 Å². The van der Waals surface area contributed by atoms with Crippen LogP contribution in [-0.2, 0) is 4.79 Å². The number of fused-ring (bicyclic) bond motifs is 1. The third-order valence-corrected chi connectivity index (χ3v) is 8.71. The molecule has 2 aliphatic rings. The SMILES string of the molecule is CC(C)[C@H]1CN(C(c2ccc(Cl)cc2)c2ccnc3ccccc23)CCN1C(=O)CC1CCN(C(N)=O)CC1. The van der Waals surface area contributed by atoms with Gasteiger partial charge in [-0.25, -0.2) is 4.79 Å². The summed E-state index contributed by atoms with van der Waals surface area (Å²) in [6.07, 6.45) is 4.08. The molecule has 2 fully saturated rings. The van der Waals surface area contributed by atoms with Crippen LogP contribution < -0.4 is 5.73 Å². The Labute approximate surface area is 235 Å². The van der Waals surface area contributed by atoms with E-state index in [-0.39, 0.29) is 24.0 Å². The van der Waals surface area contributed by atoms with Gasteiger partial charge in [-0.15, -0.1) is 0 Å². The lowest BCUT2D eigenvalue weighted by Gasteiger charge is -2.47. The third kappa shape index (κ3) is 6.04. The highest BCUT2D eigenvalue weighted by atomic mass is 35.5. The maximum atomic E-state index is 13.6. The summed E-state index contributed by atoms with van der Waals surface area (Å²) >= 11 is 6.27. The lowest BCUT2D eigenvalue weighted by atomic mass is 9.90. The van der Waals surface area contributed by atoms with E-state index in [0.717, 1.165) is 36.8 Å². The Morgan fingerprint density at radius 2 is 1.72 bits per heavy atom. The number of likely N-dealkylation sites (tertiary alicyclic amines) is 1. The quantitative estimate of drug-likeness (QED) is 0.452. The van der Waals surface area contributed by atoms with Gasteiger partial charge in [0.15, 0.2) is 0 Å². The molecule has 1 unspecified atom stereocenters. The zero-order valence-corrected chi connectivity index (χ0v) is 23.6. The number of pyridine rings is 1. The number of urea groups is 1. The van der Waals surface area contributed by atoms with Gasteiger partial charge in [0.05, 0.1) is 11.6 Å². The van der Waals surface area contributed by atoms with Gasteiger partial charge in [-0.3, -0.25) is 14.7 Å². The van der Waals surface area contributed by atoms with Crippen LogP contribution >= 0.6 is 11.6 Å². The van der Waals surface area contributed by atoms with Crippen molar-refractivity contribution < 1.29 is 9.59 Å². The molecule has 8 heteroatoms. The highest BCUT2D eigenvalue weighted by Crippen LogP contribution is 2.36. The van der Waals surface area contributed by atoms with Gasteiger partial charge < -0.3 is 15.5 Å². The van der Waals surface area contributed by atoms with Gasteiger partial charge >= 0.3 is 6.03 Å². The van der Waals surface area contributed by atoms with E-state index in [1.165, 1.54) is 11.1 Å². The number of piperazine rings is 1. The number of amides is 3. The fraction of sp³-hybridized carbons (Fsp3) is 0.452. The van der Waals surface area contributed by atoms with Gasteiger partial charge in [0.2, 0.25) is 5.91 Å². The van der Waals surface area contributed by atoms with Gasteiger partial charge in [-0.1, -0.05) is 55.8 Å². The van der Waals surface area contributed by atoms with Crippen LogP contribution in [-0.4, -0.2) is 70.4 Å². The van der Waals surface area contributed by atoms with E-state index in [1.54, 1.807) is 4.90 Å². The summed E-state index contributed by atoms with van der Waals surface area (Å²) in [7, 11) is 0. The third-order valence-electron chi connectivity index (χ3n) is 8.46. The Bertz CT molecular complexity index is 1300. The Morgan fingerprint density at radius 3 is 2.41 bits per heavy atom. The molecule has 2 aliphatic heterocycles. The second kappa shape index (κ2) is 11.9. The normalized spacial score (nSPS) is 19.9. The smallest absolute Gasteiger partial charge is 0.314 e. The lowest BCUT2D eigenvalue weighted by Crippen LogP contribution is -2.58. The number of aromatic nitrogens is 1. The van der Waals surface area contributed by atoms with Crippen molar-refractivity contribution in [1.29, 1.82) is 0 Å². The molecular formula is C31H38ClN5O2. The first-order valence-corrected chi connectivity index (χ1v) is 14.4. The molecule has 206 valence electrons. The number of piperidine rings is 1. The van der Waals surface area contributed by atoms with Crippen LogP contribution in [0.5, 0.6) is 0 Å². The van der Waals surface area contributed by atoms with Crippen molar-refractivity contribution in [3.63, 3.8) is 0 Å². The molecule has 0 bridgehead atoms. The molecule has 2 N–H and O–H groups in total. The monoisotopic (exact) mass is 547 g/mol. The van der Waals surface area contributed by atoms with E-state index >= 15 is 0 Å². The van der Waals surface area contributed by atoms with Gasteiger partial charge in [0, 0.05) is 61.8 Å². The summed E-state index contributed by atoms with van der Waals surface area (Å²) in [6, 6.07) is 18.3. The number of primary amides is 1. The topological polar surface area (TPSA) is 82.8 Å². The second-order valence-electron chi connectivity index (χ2n) is 11.2. The van der Waals surface area contributed by atoms with Crippen LogP contribution in [0.15, 0.2) is 60.8 Å². The van der Waals surface area contributed by atoms with Gasteiger partial charge in [-0.2, -0.15) is 0 Å². The molecule has 1 aromatic heterocycles. The van der Waals surface area contributed by atoms with Crippen LogP contribution in [0, 0.1) is 11.8 Å². The van der Waals surface area contributed by atoms with Crippen molar-refractivity contribution in [2.75, 3.05) is 32.7 Å². The first-order chi connectivity index (χ1) is 18.8. The molecule has 3 aromatic rings. The molecule has 0 aliphatic carbocycles. The fourth-order valence-corrected chi connectivity index (χ4v) is 6.38. The first-order valence-electron chi connectivity index (χ1n) is 14.0. The van der Waals surface area contributed by atoms with E-state index in [2.05, 4.69) is 65.0 Å². The summed E-state index contributed by atoms with van der Waals surface area (Å²) in [5, 5.41) is 1.86. The molecule has 7 nitrogen and oxygen atoms in total. The molecule has 2 atom stereocenters. The highest BCUT2D eigenvalue weighted by Gasteiger charge is 2.37. The van der Waals surface area contributed by atoms with Crippen LogP contribution in [0.25, 0.3) is 10.9 Å². The molecule has 39 heavy (non-hydrogen) atoms. The predicted octanol–water partition coefficient (Wildman–Crippen LogP) is 5.33. The van der Waals surface area contributed by atoms with E-state index < -0.39 is 0 Å². The fourth-order valence-electron chi connectivity index (χ4n) is 6.26. The summed E-state index contributed by atoms with van der Waals surface area (Å²) in [6.45, 7) is 7.94. The van der Waals surface area contributed by atoms with Crippen LogP contribution in [0.4, 0.5) is 4.79 Å². The number of rotatable bonds is 6. The van der Waals surface area contributed by atoms with E-state index in [4.69, 9.17) is 17.3 Å². The van der Waals surface area contributed by atoms with Crippen molar-refractivity contribution in [3.05, 3.63) is 76.9 Å². The first kappa shape index (κ1) is 27.4. The minimum absolute atomic E-state index is 0.0202. The zero-order chi connectivity index (χ0) is 27.5. The van der Waals surface area contributed by atoms with Crippen molar-refractivity contribution in [2.24, 2.45) is 17.6 Å². The average molecular weight is 548 g/mol. The van der Waals surface area contributed by atoms with Crippen molar-refractivity contribution >= 4 is 34.4 Å². The Morgan fingerprint density at radius 1 is 1.00 bits per heavy atom. The Kier molecular flexibility index (Phi) is 8.38. The largest absolute Gasteiger partial charge is 0.351 e. The van der Waals surface area contributed by atoms with Gasteiger partial charge in [0.25, 0.3) is 0 Å².